The molecule has 0 unspecified atom stereocenters. The lowest BCUT2D eigenvalue weighted by atomic mass is 10.0. The van der Waals surface area contributed by atoms with Crippen molar-refractivity contribution in [2.75, 3.05) is 26.0 Å². The molecule has 1 aliphatic heterocycles. The maximum atomic E-state index is 12.5. The summed E-state index contributed by atoms with van der Waals surface area (Å²) in [5.41, 5.74) is -0.508. The van der Waals surface area contributed by atoms with Crippen LogP contribution in [0.2, 0.25) is 0 Å². The van der Waals surface area contributed by atoms with Crippen molar-refractivity contribution < 1.29 is 19.0 Å². The second-order valence-corrected chi connectivity index (χ2v) is 7.87. The first-order chi connectivity index (χ1) is 12.3. The highest BCUT2D eigenvalue weighted by atomic mass is 32.2. The van der Waals surface area contributed by atoms with Gasteiger partial charge in [0.2, 0.25) is 11.8 Å². The number of hydrogen-bond donors (Lipinski definition) is 0. The van der Waals surface area contributed by atoms with Crippen molar-refractivity contribution in [2.45, 2.75) is 63.8 Å². The summed E-state index contributed by atoms with van der Waals surface area (Å²) in [5, 5.41) is 0.596. The van der Waals surface area contributed by atoms with E-state index in [-0.39, 0.29) is 12.1 Å². The Labute approximate surface area is 159 Å². The van der Waals surface area contributed by atoms with Gasteiger partial charge in [0.15, 0.2) is 5.16 Å². The molecule has 0 aromatic carbocycles. The summed E-state index contributed by atoms with van der Waals surface area (Å²) in [6.45, 7) is 9.12. The molecule has 1 saturated heterocycles. The van der Waals surface area contributed by atoms with Gasteiger partial charge in [0, 0.05) is 6.54 Å². The van der Waals surface area contributed by atoms with Gasteiger partial charge < -0.3 is 19.1 Å². The second-order valence-electron chi connectivity index (χ2n) is 7.10. The molecule has 0 aliphatic carbocycles. The summed E-state index contributed by atoms with van der Waals surface area (Å²) in [6, 6.07) is 1.66. The smallest absolute Gasteiger partial charge is 0.410 e. The second kappa shape index (κ2) is 9.30. The first-order valence-electron chi connectivity index (χ1n) is 9.00. The highest BCUT2D eigenvalue weighted by Crippen LogP contribution is 2.24. The van der Waals surface area contributed by atoms with Crippen molar-refractivity contribution in [3.8, 4) is 11.8 Å². The molecule has 0 spiro atoms. The predicted octanol–water partition coefficient (Wildman–Crippen LogP) is 3.77. The number of thioether (sulfide) groups is 1. The molecule has 2 heterocycles. The number of amides is 1. The van der Waals surface area contributed by atoms with Crippen LogP contribution in [0.1, 0.15) is 47.0 Å². The molecule has 0 radical (unpaired) electrons. The lowest BCUT2D eigenvalue weighted by molar-refractivity contribution is 0.00327. The highest BCUT2D eigenvalue weighted by molar-refractivity contribution is 7.98. The third kappa shape index (κ3) is 6.23. The van der Waals surface area contributed by atoms with Crippen molar-refractivity contribution >= 4 is 17.9 Å². The largest absolute Gasteiger partial charge is 0.478 e. The standard InChI is InChI=1S/C18H29N3O4S/c1-6-23-14-11-15(20-16(19-14)26-5)24-12-13-9-7-8-10-21(13)17(22)25-18(2,3)4/h11,13H,6-10,12H2,1-5H3/t13-/m0/s1. The van der Waals surface area contributed by atoms with Crippen molar-refractivity contribution in [1.29, 1.82) is 0 Å². The van der Waals surface area contributed by atoms with Crippen molar-refractivity contribution in [2.24, 2.45) is 0 Å². The molecule has 8 heteroatoms. The minimum absolute atomic E-state index is 0.0261. The highest BCUT2D eigenvalue weighted by Gasteiger charge is 2.31. The van der Waals surface area contributed by atoms with Crippen LogP contribution >= 0.6 is 11.8 Å². The third-order valence-corrected chi connectivity index (χ3v) is 4.36. The fraction of sp³-hybridized carbons (Fsp3) is 0.722. The number of carbonyl (C=O) groups is 1. The van der Waals surface area contributed by atoms with E-state index in [1.807, 2.05) is 34.0 Å². The normalized spacial score (nSPS) is 17.7. The van der Waals surface area contributed by atoms with Gasteiger partial charge in [-0.1, -0.05) is 11.8 Å². The van der Waals surface area contributed by atoms with Gasteiger partial charge >= 0.3 is 6.09 Å². The molecule has 1 aromatic rings. The molecule has 0 saturated carbocycles. The van der Waals surface area contributed by atoms with Gasteiger partial charge in [0.1, 0.15) is 12.2 Å². The summed E-state index contributed by atoms with van der Waals surface area (Å²) in [4.78, 5) is 22.9. The Morgan fingerprint density at radius 2 is 1.96 bits per heavy atom. The van der Waals surface area contributed by atoms with Gasteiger partial charge in [-0.3, -0.25) is 0 Å². The van der Waals surface area contributed by atoms with Crippen molar-refractivity contribution in [3.63, 3.8) is 0 Å². The first-order valence-corrected chi connectivity index (χ1v) is 10.2. The van der Waals surface area contributed by atoms with Crippen LogP contribution in [0.3, 0.4) is 0 Å². The summed E-state index contributed by atoms with van der Waals surface area (Å²) in [6.07, 6.45) is 4.55. The number of aromatic nitrogens is 2. The Kier molecular flexibility index (Phi) is 7.37. The molecule has 0 N–H and O–H groups in total. The molecule has 1 aromatic heterocycles. The molecule has 26 heavy (non-hydrogen) atoms. The van der Waals surface area contributed by atoms with Crippen molar-refractivity contribution in [3.05, 3.63) is 6.07 Å². The van der Waals surface area contributed by atoms with Crippen LogP contribution in [0, 0.1) is 0 Å². The third-order valence-electron chi connectivity index (χ3n) is 3.81. The zero-order valence-electron chi connectivity index (χ0n) is 16.3. The number of rotatable bonds is 6. The lowest BCUT2D eigenvalue weighted by Crippen LogP contribution is -2.48. The van der Waals surface area contributed by atoms with E-state index in [9.17, 15) is 4.79 Å². The minimum Gasteiger partial charge on any atom is -0.478 e. The van der Waals surface area contributed by atoms with Crippen LogP contribution in [-0.2, 0) is 4.74 Å². The number of nitrogens with zero attached hydrogens (tertiary/aromatic N) is 3. The molecular weight excluding hydrogens is 354 g/mol. The van der Waals surface area contributed by atoms with Gasteiger partial charge in [-0.15, -0.1) is 0 Å². The Morgan fingerprint density at radius 1 is 1.27 bits per heavy atom. The van der Waals surface area contributed by atoms with E-state index < -0.39 is 5.60 Å². The summed E-state index contributed by atoms with van der Waals surface area (Å²) >= 11 is 1.43. The zero-order chi connectivity index (χ0) is 19.2. The van der Waals surface area contributed by atoms with Crippen LogP contribution < -0.4 is 9.47 Å². The van der Waals surface area contributed by atoms with E-state index in [2.05, 4.69) is 9.97 Å². The zero-order valence-corrected chi connectivity index (χ0v) is 17.1. The monoisotopic (exact) mass is 383 g/mol. The topological polar surface area (TPSA) is 73.8 Å². The molecule has 2 rings (SSSR count). The Morgan fingerprint density at radius 3 is 2.58 bits per heavy atom. The number of ether oxygens (including phenoxy) is 3. The molecule has 1 fully saturated rings. The average molecular weight is 384 g/mol. The maximum absolute atomic E-state index is 12.5. The lowest BCUT2D eigenvalue weighted by Gasteiger charge is -2.36. The molecule has 1 amide bonds. The quantitative estimate of drug-likeness (QED) is 0.547. The fourth-order valence-corrected chi connectivity index (χ4v) is 3.05. The van der Waals surface area contributed by atoms with Crippen LogP contribution in [0.25, 0.3) is 0 Å². The Balaban J connectivity index is 2.04. The minimum atomic E-state index is -0.508. The number of likely N-dealkylation sites (tertiary alicyclic amines) is 1. The Bertz CT molecular complexity index is 607. The molecule has 1 aliphatic rings. The van der Waals surface area contributed by atoms with E-state index in [1.54, 1.807) is 11.0 Å². The van der Waals surface area contributed by atoms with E-state index in [0.717, 1.165) is 19.3 Å². The van der Waals surface area contributed by atoms with Gasteiger partial charge in [0.25, 0.3) is 0 Å². The molecule has 0 bridgehead atoms. The average Bonchev–Trinajstić information content (AvgIpc) is 2.59. The SMILES string of the molecule is CCOc1cc(OC[C@@H]2CCCCN2C(=O)OC(C)(C)C)nc(SC)n1. The van der Waals surface area contributed by atoms with Crippen LogP contribution in [-0.4, -0.2) is 58.6 Å². The molecule has 146 valence electrons. The van der Waals surface area contributed by atoms with Crippen molar-refractivity contribution in [1.82, 2.24) is 14.9 Å². The Hall–Kier alpha value is -1.70. The molecular formula is C18H29N3O4S. The van der Waals surface area contributed by atoms with Gasteiger partial charge in [-0.2, -0.15) is 9.97 Å². The fourth-order valence-electron chi connectivity index (χ4n) is 2.69. The number of piperidine rings is 1. The predicted molar refractivity (Wildman–Crippen MR) is 101 cm³/mol. The summed E-state index contributed by atoms with van der Waals surface area (Å²) in [7, 11) is 0. The van der Waals surface area contributed by atoms with Gasteiger partial charge in [0.05, 0.1) is 18.7 Å². The van der Waals surface area contributed by atoms with Gasteiger partial charge in [-0.05, 0) is 53.2 Å². The number of carbonyl (C=O) groups excluding carboxylic acids is 1. The molecule has 7 nitrogen and oxygen atoms in total. The summed E-state index contributed by atoms with van der Waals surface area (Å²) < 4.78 is 16.9. The summed E-state index contributed by atoms with van der Waals surface area (Å²) in [5.74, 6) is 0.956. The van der Waals surface area contributed by atoms with E-state index in [0.29, 0.717) is 36.7 Å². The van der Waals surface area contributed by atoms with Gasteiger partial charge in [-0.25, -0.2) is 4.79 Å². The number of hydrogen-bond acceptors (Lipinski definition) is 7. The molecule has 1 atom stereocenters. The first kappa shape index (κ1) is 20.6. The van der Waals surface area contributed by atoms with E-state index in [4.69, 9.17) is 14.2 Å². The van der Waals surface area contributed by atoms with E-state index >= 15 is 0 Å². The van der Waals surface area contributed by atoms with E-state index in [1.165, 1.54) is 11.8 Å². The van der Waals surface area contributed by atoms with Crippen LogP contribution in [0.15, 0.2) is 11.2 Å². The van der Waals surface area contributed by atoms with Crippen LogP contribution in [0.4, 0.5) is 4.79 Å². The van der Waals surface area contributed by atoms with Crippen LogP contribution in [0.5, 0.6) is 11.8 Å². The maximum Gasteiger partial charge on any atom is 0.410 e.